The highest BCUT2D eigenvalue weighted by molar-refractivity contribution is 5.89. The number of hydrogen-bond donors (Lipinski definition) is 1. The zero-order valence-corrected chi connectivity index (χ0v) is 21.9. The molecule has 3 aromatic rings. The van der Waals surface area contributed by atoms with Gasteiger partial charge in [-0.15, -0.1) is 0 Å². The monoisotopic (exact) mass is 488 g/mol. The third kappa shape index (κ3) is 7.63. The first-order valence-electron chi connectivity index (χ1n) is 12.4. The molecule has 0 atom stereocenters. The Morgan fingerprint density at radius 2 is 1.86 bits per heavy atom. The average molecular weight is 489 g/mol. The molecule has 0 radical (unpaired) electrons. The van der Waals surface area contributed by atoms with Gasteiger partial charge in [0.05, 0.1) is 17.8 Å². The van der Waals surface area contributed by atoms with Gasteiger partial charge in [-0.1, -0.05) is 56.2 Å². The predicted molar refractivity (Wildman–Crippen MR) is 146 cm³/mol. The Hall–Kier alpha value is -3.74. The van der Waals surface area contributed by atoms with Crippen LogP contribution < -0.4 is 10.9 Å². The molecule has 0 amide bonds. The number of nitrogens with one attached hydrogen (secondary N) is 1. The van der Waals surface area contributed by atoms with Gasteiger partial charge in [-0.3, -0.25) is 14.4 Å². The van der Waals surface area contributed by atoms with Crippen molar-refractivity contribution in [2.24, 2.45) is 4.99 Å². The molecular formula is C29H36N4O3. The first-order valence-corrected chi connectivity index (χ1v) is 12.4. The highest BCUT2D eigenvalue weighted by Crippen LogP contribution is 2.19. The number of nitrogens with zero attached hydrogens (tertiary/aromatic N) is 3. The fourth-order valence-corrected chi connectivity index (χ4v) is 3.72. The summed E-state index contributed by atoms with van der Waals surface area (Å²) < 4.78 is 7.11. The molecule has 1 aromatic heterocycles. The van der Waals surface area contributed by atoms with E-state index in [0.29, 0.717) is 23.8 Å². The Morgan fingerprint density at radius 1 is 1.11 bits per heavy atom. The number of esters is 1. The zero-order chi connectivity index (χ0) is 26.1. The van der Waals surface area contributed by atoms with Crippen LogP contribution in [-0.2, 0) is 11.3 Å². The van der Waals surface area contributed by atoms with E-state index in [1.807, 2.05) is 51.1 Å². The third-order valence-corrected chi connectivity index (χ3v) is 5.46. The molecule has 0 aliphatic heterocycles. The van der Waals surface area contributed by atoms with Crippen LogP contribution in [0.5, 0.6) is 0 Å². The largest absolute Gasteiger partial charge is 0.456 e. The van der Waals surface area contributed by atoms with Gasteiger partial charge in [-0.2, -0.15) is 0 Å². The number of carbonyl (C=O) groups is 1. The van der Waals surface area contributed by atoms with E-state index >= 15 is 0 Å². The molecule has 0 fully saturated rings. The summed E-state index contributed by atoms with van der Waals surface area (Å²) in [6.45, 7) is 8.66. The molecule has 0 saturated carbocycles. The number of aliphatic imine (C=N–C) groups is 1. The first kappa shape index (κ1) is 26.9. The summed E-state index contributed by atoms with van der Waals surface area (Å²) in [6, 6.07) is 16.5. The molecule has 0 aliphatic carbocycles. The standard InChI is InChI=1S/C29H36N4O3/c1-6-7-8-16-31-28-32-25(23-14-12-21(13-15-23)19-30-5)18-26(34)33(28)20-22-10-9-11-24(17-22)27(35)36-29(2,3)4/h9-15,17-19H,6-8,16,20H2,1-5H3,(H,31,32). The molecule has 190 valence electrons. The maximum atomic E-state index is 13.3. The van der Waals surface area contributed by atoms with E-state index in [4.69, 9.17) is 9.72 Å². The molecule has 0 unspecified atom stereocenters. The van der Waals surface area contributed by atoms with Crippen molar-refractivity contribution in [3.63, 3.8) is 0 Å². The lowest BCUT2D eigenvalue weighted by atomic mass is 10.1. The minimum atomic E-state index is -0.582. The van der Waals surface area contributed by atoms with Crippen LogP contribution in [0.4, 0.5) is 5.95 Å². The highest BCUT2D eigenvalue weighted by atomic mass is 16.6. The molecule has 0 aliphatic rings. The summed E-state index contributed by atoms with van der Waals surface area (Å²) in [5.41, 5.74) is 2.97. The van der Waals surface area contributed by atoms with Crippen LogP contribution in [0.25, 0.3) is 11.3 Å². The van der Waals surface area contributed by atoms with E-state index in [1.54, 1.807) is 42.1 Å². The number of carbonyl (C=O) groups excluding carboxylic acids is 1. The number of rotatable bonds is 10. The van der Waals surface area contributed by atoms with Gasteiger partial charge in [-0.25, -0.2) is 9.78 Å². The lowest BCUT2D eigenvalue weighted by Crippen LogP contribution is -2.26. The lowest BCUT2D eigenvalue weighted by molar-refractivity contribution is 0.00694. The molecule has 1 N–H and O–H groups in total. The Morgan fingerprint density at radius 3 is 2.53 bits per heavy atom. The molecule has 0 saturated heterocycles. The minimum Gasteiger partial charge on any atom is -0.456 e. The van der Waals surface area contributed by atoms with Crippen LogP contribution in [0, 0.1) is 0 Å². The molecule has 7 nitrogen and oxygen atoms in total. The second-order valence-electron chi connectivity index (χ2n) is 9.73. The topological polar surface area (TPSA) is 85.6 Å². The average Bonchev–Trinajstić information content (AvgIpc) is 2.83. The number of hydrogen-bond acceptors (Lipinski definition) is 6. The normalized spacial score (nSPS) is 11.6. The highest BCUT2D eigenvalue weighted by Gasteiger charge is 2.18. The summed E-state index contributed by atoms with van der Waals surface area (Å²) in [6.07, 6.45) is 4.96. The third-order valence-electron chi connectivity index (χ3n) is 5.46. The summed E-state index contributed by atoms with van der Waals surface area (Å²) in [5, 5.41) is 3.36. The Bertz CT molecular complexity index is 1250. The molecule has 0 spiro atoms. The zero-order valence-electron chi connectivity index (χ0n) is 21.9. The van der Waals surface area contributed by atoms with Gasteiger partial charge in [0, 0.05) is 31.4 Å². The van der Waals surface area contributed by atoms with Crippen molar-refractivity contribution in [2.45, 2.75) is 59.1 Å². The summed E-state index contributed by atoms with van der Waals surface area (Å²) in [7, 11) is 1.73. The van der Waals surface area contributed by atoms with E-state index in [2.05, 4.69) is 17.2 Å². The van der Waals surface area contributed by atoms with E-state index in [9.17, 15) is 9.59 Å². The second kappa shape index (κ2) is 12.3. The van der Waals surface area contributed by atoms with Crippen LogP contribution in [0.15, 0.2) is 64.4 Å². The number of ether oxygens (including phenoxy) is 1. The molecule has 7 heteroatoms. The number of anilines is 1. The molecular weight excluding hydrogens is 452 g/mol. The molecule has 3 rings (SSSR count). The van der Waals surface area contributed by atoms with Gasteiger partial charge in [-0.05, 0) is 50.5 Å². The van der Waals surface area contributed by atoms with Crippen LogP contribution in [0.2, 0.25) is 0 Å². The van der Waals surface area contributed by atoms with Gasteiger partial charge >= 0.3 is 5.97 Å². The van der Waals surface area contributed by atoms with E-state index in [0.717, 1.165) is 36.0 Å². The summed E-state index contributed by atoms with van der Waals surface area (Å²) in [4.78, 5) is 34.7. The van der Waals surface area contributed by atoms with Crippen molar-refractivity contribution < 1.29 is 9.53 Å². The summed E-state index contributed by atoms with van der Waals surface area (Å²) in [5.74, 6) is 0.120. The van der Waals surface area contributed by atoms with Crippen molar-refractivity contribution in [3.05, 3.63) is 81.6 Å². The van der Waals surface area contributed by atoms with Gasteiger partial charge in [0.25, 0.3) is 5.56 Å². The smallest absolute Gasteiger partial charge is 0.338 e. The number of benzene rings is 2. The van der Waals surface area contributed by atoms with E-state index < -0.39 is 5.60 Å². The van der Waals surface area contributed by atoms with Gasteiger partial charge in [0.2, 0.25) is 5.95 Å². The maximum absolute atomic E-state index is 13.3. The minimum absolute atomic E-state index is 0.167. The van der Waals surface area contributed by atoms with Gasteiger partial charge in [0.15, 0.2) is 0 Å². The quantitative estimate of drug-likeness (QED) is 0.229. The SMILES string of the molecule is CCCCCNc1nc(-c2ccc(C=NC)cc2)cc(=O)n1Cc1cccc(C(=O)OC(C)(C)C)c1. The number of aromatic nitrogens is 2. The van der Waals surface area contributed by atoms with Crippen molar-refractivity contribution in [1.82, 2.24) is 9.55 Å². The molecule has 2 aromatic carbocycles. The Kier molecular flexibility index (Phi) is 9.17. The predicted octanol–water partition coefficient (Wildman–Crippen LogP) is 5.56. The van der Waals surface area contributed by atoms with Crippen LogP contribution in [-0.4, -0.2) is 40.9 Å². The van der Waals surface area contributed by atoms with Crippen LogP contribution in [0.1, 0.15) is 68.4 Å². The van der Waals surface area contributed by atoms with Gasteiger partial charge < -0.3 is 10.1 Å². The van der Waals surface area contributed by atoms with Crippen molar-refractivity contribution >= 4 is 18.1 Å². The van der Waals surface area contributed by atoms with Crippen molar-refractivity contribution in [1.29, 1.82) is 0 Å². The van der Waals surface area contributed by atoms with Crippen LogP contribution >= 0.6 is 0 Å². The van der Waals surface area contributed by atoms with Gasteiger partial charge in [0.1, 0.15) is 5.60 Å². The fraction of sp³-hybridized carbons (Fsp3) is 0.379. The van der Waals surface area contributed by atoms with Crippen molar-refractivity contribution in [2.75, 3.05) is 18.9 Å². The second-order valence-corrected chi connectivity index (χ2v) is 9.73. The fourth-order valence-electron chi connectivity index (χ4n) is 3.72. The van der Waals surface area contributed by atoms with E-state index in [-0.39, 0.29) is 18.1 Å². The Labute approximate surface area is 213 Å². The van der Waals surface area contributed by atoms with Crippen molar-refractivity contribution in [3.8, 4) is 11.3 Å². The molecule has 0 bridgehead atoms. The Balaban J connectivity index is 1.94. The molecule has 36 heavy (non-hydrogen) atoms. The van der Waals surface area contributed by atoms with E-state index in [1.165, 1.54) is 0 Å². The number of unbranched alkanes of at least 4 members (excludes halogenated alkanes) is 2. The molecule has 1 heterocycles. The lowest BCUT2D eigenvalue weighted by Gasteiger charge is -2.20. The first-order chi connectivity index (χ1) is 17.2. The maximum Gasteiger partial charge on any atom is 0.338 e. The summed E-state index contributed by atoms with van der Waals surface area (Å²) >= 11 is 0. The van der Waals surface area contributed by atoms with Crippen LogP contribution in [0.3, 0.4) is 0 Å².